The summed E-state index contributed by atoms with van der Waals surface area (Å²) in [5, 5.41) is 2.34. The van der Waals surface area contributed by atoms with Crippen LogP contribution in [-0.4, -0.2) is 54.4 Å². The zero-order valence-electron chi connectivity index (χ0n) is 11.6. The van der Waals surface area contributed by atoms with Gasteiger partial charge in [-0.1, -0.05) is 12.1 Å². The van der Waals surface area contributed by atoms with Crippen molar-refractivity contribution in [3.05, 3.63) is 24.3 Å². The van der Waals surface area contributed by atoms with Crippen molar-refractivity contribution in [3.63, 3.8) is 0 Å². The van der Waals surface area contributed by atoms with Crippen LogP contribution in [0.5, 0.6) is 5.75 Å². The Balaban J connectivity index is 2.04. The number of nitrogens with one attached hydrogen (secondary N) is 1. The molecule has 1 fully saturated rings. The van der Waals surface area contributed by atoms with Crippen LogP contribution in [0.3, 0.4) is 0 Å². The van der Waals surface area contributed by atoms with Gasteiger partial charge in [0.1, 0.15) is 18.8 Å². The molecule has 1 N–H and O–H groups in total. The Kier molecular flexibility index (Phi) is 4.54. The zero-order chi connectivity index (χ0) is 16.3. The number of carbonyl (C=O) groups excluding carboxylic acids is 3. The lowest BCUT2D eigenvalue weighted by molar-refractivity contribution is -0.129. The van der Waals surface area contributed by atoms with E-state index in [-0.39, 0.29) is 18.0 Å². The van der Waals surface area contributed by atoms with Gasteiger partial charge in [0.2, 0.25) is 5.91 Å². The Labute approximate surface area is 124 Å². The first-order valence-electron chi connectivity index (χ1n) is 6.27. The number of hydrogen-bond donors (Lipinski definition) is 1. The molecule has 1 aromatic rings. The third-order valence-corrected chi connectivity index (χ3v) is 2.91. The van der Waals surface area contributed by atoms with Gasteiger partial charge in [0.15, 0.2) is 0 Å². The Morgan fingerprint density at radius 3 is 2.64 bits per heavy atom. The maximum Gasteiger partial charge on any atom is 0.387 e. The number of hydrogen-bond acceptors (Lipinski definition) is 4. The number of nitrogens with zero attached hydrogens (tertiary/aromatic N) is 2. The van der Waals surface area contributed by atoms with Gasteiger partial charge in [0.25, 0.3) is 5.91 Å². The highest BCUT2D eigenvalue weighted by atomic mass is 19.3. The monoisotopic (exact) mass is 313 g/mol. The molecule has 0 spiro atoms. The number of para-hydroxylation sites is 2. The zero-order valence-corrected chi connectivity index (χ0v) is 11.6. The molecule has 1 aromatic carbocycles. The number of urea groups is 1. The van der Waals surface area contributed by atoms with Crippen LogP contribution in [0, 0.1) is 0 Å². The minimum Gasteiger partial charge on any atom is -0.433 e. The molecule has 22 heavy (non-hydrogen) atoms. The second-order valence-corrected chi connectivity index (χ2v) is 4.54. The van der Waals surface area contributed by atoms with E-state index < -0.39 is 31.0 Å². The van der Waals surface area contributed by atoms with Gasteiger partial charge in [-0.05, 0) is 12.1 Å². The topological polar surface area (TPSA) is 79.0 Å². The molecule has 0 aromatic heterocycles. The van der Waals surface area contributed by atoms with E-state index in [2.05, 4.69) is 10.1 Å². The van der Waals surface area contributed by atoms with Gasteiger partial charge in [0, 0.05) is 7.05 Å². The molecule has 9 heteroatoms. The van der Waals surface area contributed by atoms with E-state index in [1.54, 1.807) is 0 Å². The molecular formula is C13H13F2N3O4. The molecule has 118 valence electrons. The number of halogens is 2. The van der Waals surface area contributed by atoms with E-state index >= 15 is 0 Å². The second-order valence-electron chi connectivity index (χ2n) is 4.54. The minimum atomic E-state index is -3.03. The fourth-order valence-corrected chi connectivity index (χ4v) is 1.93. The van der Waals surface area contributed by atoms with Crippen LogP contribution in [0.1, 0.15) is 0 Å². The minimum absolute atomic E-state index is 0.0280. The van der Waals surface area contributed by atoms with Crippen LogP contribution >= 0.6 is 0 Å². The average Bonchev–Trinajstić information content (AvgIpc) is 2.67. The summed E-state index contributed by atoms with van der Waals surface area (Å²) in [4.78, 5) is 37.0. The number of likely N-dealkylation sites (N-methyl/N-ethyl adjacent to an activating group) is 1. The molecule has 0 aliphatic carbocycles. The van der Waals surface area contributed by atoms with Gasteiger partial charge in [-0.3, -0.25) is 14.5 Å². The highest BCUT2D eigenvalue weighted by Gasteiger charge is 2.34. The Bertz CT molecular complexity index is 609. The summed E-state index contributed by atoms with van der Waals surface area (Å²) in [6.07, 6.45) is 0. The SMILES string of the molecule is CN1CC(=O)N(CC(=O)Nc2ccccc2OC(F)F)C1=O. The fourth-order valence-electron chi connectivity index (χ4n) is 1.93. The van der Waals surface area contributed by atoms with Crippen LogP contribution in [-0.2, 0) is 9.59 Å². The standard InChI is InChI=1S/C13H13F2N3O4/c1-17-7-11(20)18(13(17)21)6-10(19)16-8-4-2-3-5-9(8)22-12(14)15/h2-5,12H,6-7H2,1H3,(H,16,19). The largest absolute Gasteiger partial charge is 0.433 e. The predicted molar refractivity (Wildman–Crippen MR) is 71.4 cm³/mol. The van der Waals surface area contributed by atoms with E-state index in [9.17, 15) is 23.2 Å². The number of amides is 4. The van der Waals surface area contributed by atoms with Gasteiger partial charge in [0.05, 0.1) is 5.69 Å². The normalized spacial score (nSPS) is 14.7. The van der Waals surface area contributed by atoms with Crippen LogP contribution in [0.15, 0.2) is 24.3 Å². The molecule has 0 unspecified atom stereocenters. The quantitative estimate of drug-likeness (QED) is 0.826. The van der Waals surface area contributed by atoms with Crippen molar-refractivity contribution >= 4 is 23.5 Å². The maximum atomic E-state index is 12.3. The summed E-state index contributed by atoms with van der Waals surface area (Å²) in [6.45, 7) is -3.63. The van der Waals surface area contributed by atoms with Gasteiger partial charge < -0.3 is 15.0 Å². The number of rotatable bonds is 5. The number of ether oxygens (including phenoxy) is 1. The van der Waals surface area contributed by atoms with Gasteiger partial charge in [-0.15, -0.1) is 0 Å². The number of benzene rings is 1. The van der Waals surface area contributed by atoms with Crippen molar-refractivity contribution in [1.29, 1.82) is 0 Å². The molecule has 1 heterocycles. The summed E-state index contributed by atoms with van der Waals surface area (Å²) >= 11 is 0. The van der Waals surface area contributed by atoms with Crippen molar-refractivity contribution in [2.75, 3.05) is 25.5 Å². The first-order chi connectivity index (χ1) is 10.4. The fraction of sp³-hybridized carbons (Fsp3) is 0.308. The third-order valence-electron chi connectivity index (χ3n) is 2.91. The van der Waals surface area contributed by atoms with Crippen LogP contribution in [0.2, 0.25) is 0 Å². The summed E-state index contributed by atoms with van der Waals surface area (Å²) in [6, 6.07) is 5.04. The third kappa shape index (κ3) is 3.48. The average molecular weight is 313 g/mol. The Hall–Kier alpha value is -2.71. The Morgan fingerprint density at radius 2 is 2.05 bits per heavy atom. The molecule has 1 aliphatic rings. The number of alkyl halides is 2. The summed E-state index contributed by atoms with van der Waals surface area (Å²) < 4.78 is 28.8. The smallest absolute Gasteiger partial charge is 0.387 e. The molecule has 0 bridgehead atoms. The number of anilines is 1. The second kappa shape index (κ2) is 6.37. The van der Waals surface area contributed by atoms with E-state index in [1.807, 2.05) is 0 Å². The summed E-state index contributed by atoms with van der Waals surface area (Å²) in [7, 11) is 1.43. The molecule has 4 amide bonds. The van der Waals surface area contributed by atoms with E-state index in [4.69, 9.17) is 0 Å². The number of imide groups is 1. The number of carbonyl (C=O) groups is 3. The van der Waals surface area contributed by atoms with Crippen molar-refractivity contribution in [3.8, 4) is 5.75 Å². The summed E-state index contributed by atoms with van der Waals surface area (Å²) in [5.41, 5.74) is 0.0280. The molecule has 2 rings (SSSR count). The van der Waals surface area contributed by atoms with Gasteiger partial charge in [-0.25, -0.2) is 4.79 Å². The van der Waals surface area contributed by atoms with Gasteiger partial charge in [-0.2, -0.15) is 8.78 Å². The highest BCUT2D eigenvalue weighted by molar-refractivity contribution is 6.06. The van der Waals surface area contributed by atoms with Gasteiger partial charge >= 0.3 is 12.6 Å². The Morgan fingerprint density at radius 1 is 1.36 bits per heavy atom. The molecular weight excluding hydrogens is 300 g/mol. The molecule has 0 atom stereocenters. The van der Waals surface area contributed by atoms with E-state index in [1.165, 1.54) is 36.2 Å². The van der Waals surface area contributed by atoms with E-state index in [0.29, 0.717) is 0 Å². The van der Waals surface area contributed by atoms with E-state index in [0.717, 1.165) is 4.90 Å². The van der Waals surface area contributed by atoms with Crippen molar-refractivity contribution in [1.82, 2.24) is 9.80 Å². The maximum absolute atomic E-state index is 12.3. The van der Waals surface area contributed by atoms with Crippen LogP contribution < -0.4 is 10.1 Å². The van der Waals surface area contributed by atoms with Crippen molar-refractivity contribution < 1.29 is 27.9 Å². The molecule has 1 saturated heterocycles. The van der Waals surface area contributed by atoms with Crippen LogP contribution in [0.25, 0.3) is 0 Å². The molecule has 0 radical (unpaired) electrons. The summed E-state index contributed by atoms with van der Waals surface area (Å²) in [5.74, 6) is -1.40. The highest BCUT2D eigenvalue weighted by Crippen LogP contribution is 2.25. The lowest BCUT2D eigenvalue weighted by atomic mass is 10.3. The first kappa shape index (κ1) is 15.7. The van der Waals surface area contributed by atoms with Crippen molar-refractivity contribution in [2.24, 2.45) is 0 Å². The van der Waals surface area contributed by atoms with Crippen molar-refractivity contribution in [2.45, 2.75) is 6.61 Å². The lowest BCUT2D eigenvalue weighted by Gasteiger charge is -2.15. The predicted octanol–water partition coefficient (Wildman–Crippen LogP) is 1.12. The lowest BCUT2D eigenvalue weighted by Crippen LogP contribution is -2.38. The first-order valence-corrected chi connectivity index (χ1v) is 6.27. The molecule has 0 saturated carbocycles. The molecule has 7 nitrogen and oxygen atoms in total. The van der Waals surface area contributed by atoms with Crippen LogP contribution in [0.4, 0.5) is 19.3 Å². The molecule has 1 aliphatic heterocycles.